The van der Waals surface area contributed by atoms with Gasteiger partial charge >= 0.3 is 0 Å². The van der Waals surface area contributed by atoms with Crippen molar-refractivity contribution in [3.63, 3.8) is 0 Å². The van der Waals surface area contributed by atoms with Crippen molar-refractivity contribution in [1.82, 2.24) is 14.7 Å². The molecule has 0 aliphatic rings. The topological polar surface area (TPSA) is 181 Å². The lowest BCUT2D eigenvalue weighted by Gasteiger charge is -2.11. The number of hydrogen-bond acceptors (Lipinski definition) is 8. The Hall–Kier alpha value is -2.87. The van der Waals surface area contributed by atoms with Gasteiger partial charge in [0.25, 0.3) is 5.95 Å². The highest BCUT2D eigenvalue weighted by atomic mass is 35.5. The smallest absolute Gasteiger partial charge is 0.253 e. The van der Waals surface area contributed by atoms with Crippen molar-refractivity contribution in [2.75, 3.05) is 39.5 Å². The van der Waals surface area contributed by atoms with Crippen LogP contribution in [-0.2, 0) is 19.5 Å². The number of nitrogens with zero attached hydrogens (tertiary/aromatic N) is 3. The van der Waals surface area contributed by atoms with Gasteiger partial charge in [0.05, 0.1) is 42.5 Å². The Bertz CT molecular complexity index is 1270. The molecular formula is C21H26ClN7O4S. The Morgan fingerprint density at radius 1 is 1.03 bits per heavy atom. The van der Waals surface area contributed by atoms with Crippen LogP contribution >= 0.6 is 11.6 Å². The maximum absolute atomic E-state index is 12.8. The van der Waals surface area contributed by atoms with Crippen LogP contribution in [0.2, 0.25) is 5.02 Å². The Kier molecular flexibility index (Phi) is 9.10. The predicted octanol–water partition coefficient (Wildman–Crippen LogP) is 1.13. The number of rotatable bonds is 12. The molecule has 0 spiro atoms. The molecule has 1 aromatic heterocycles. The summed E-state index contributed by atoms with van der Waals surface area (Å²) in [6.07, 6.45) is 0. The SMILES string of the molecule is NCCOCCOCCNS(=O)(=O)c1cccc(-c2nc(N=C(N)N)nc3ccc(Cl)cc23)c1. The first-order valence-electron chi connectivity index (χ1n) is 10.3. The highest BCUT2D eigenvalue weighted by Gasteiger charge is 2.17. The van der Waals surface area contributed by atoms with Gasteiger partial charge in [-0.1, -0.05) is 23.7 Å². The van der Waals surface area contributed by atoms with Gasteiger partial charge in [-0.05, 0) is 30.3 Å². The monoisotopic (exact) mass is 507 g/mol. The minimum Gasteiger partial charge on any atom is -0.378 e. The van der Waals surface area contributed by atoms with E-state index in [1.54, 1.807) is 30.3 Å². The fourth-order valence-corrected chi connectivity index (χ4v) is 4.25. The molecule has 0 fully saturated rings. The number of halogens is 1. The van der Waals surface area contributed by atoms with Crippen molar-refractivity contribution >= 4 is 44.4 Å². The van der Waals surface area contributed by atoms with Crippen LogP contribution in [0, 0.1) is 0 Å². The van der Waals surface area contributed by atoms with E-state index in [0.717, 1.165) is 0 Å². The third kappa shape index (κ3) is 7.06. The molecule has 0 saturated carbocycles. The molecule has 13 heteroatoms. The second-order valence-electron chi connectivity index (χ2n) is 7.01. The van der Waals surface area contributed by atoms with Crippen molar-refractivity contribution < 1.29 is 17.9 Å². The molecule has 0 saturated heterocycles. The van der Waals surface area contributed by atoms with Gasteiger partial charge in [-0.15, -0.1) is 0 Å². The number of benzene rings is 2. The number of ether oxygens (including phenoxy) is 2. The van der Waals surface area contributed by atoms with Gasteiger partial charge in [-0.25, -0.2) is 23.1 Å². The van der Waals surface area contributed by atoms with Crippen molar-refractivity contribution in [1.29, 1.82) is 0 Å². The number of guanidine groups is 1. The zero-order valence-corrected chi connectivity index (χ0v) is 19.8. The fraction of sp³-hybridized carbons (Fsp3) is 0.286. The lowest BCUT2D eigenvalue weighted by Crippen LogP contribution is -2.28. The number of hydrogen-bond donors (Lipinski definition) is 4. The molecule has 1 heterocycles. The van der Waals surface area contributed by atoms with Crippen LogP contribution in [0.25, 0.3) is 22.2 Å². The fourth-order valence-electron chi connectivity index (χ4n) is 3.02. The quantitative estimate of drug-likeness (QED) is 0.158. The summed E-state index contributed by atoms with van der Waals surface area (Å²) in [5, 5.41) is 1.10. The van der Waals surface area contributed by atoms with Gasteiger partial charge in [0.15, 0.2) is 5.96 Å². The maximum atomic E-state index is 12.8. The summed E-state index contributed by atoms with van der Waals surface area (Å²) in [6.45, 7) is 1.93. The van der Waals surface area contributed by atoms with Crippen molar-refractivity contribution in [3.05, 3.63) is 47.5 Å². The third-order valence-electron chi connectivity index (χ3n) is 4.47. The largest absolute Gasteiger partial charge is 0.378 e. The summed E-state index contributed by atoms with van der Waals surface area (Å²) in [5.41, 5.74) is 17.8. The van der Waals surface area contributed by atoms with Gasteiger partial charge in [-0.3, -0.25) is 0 Å². The van der Waals surface area contributed by atoms with E-state index < -0.39 is 10.0 Å². The Balaban J connectivity index is 1.82. The molecule has 0 atom stereocenters. The first-order valence-corrected chi connectivity index (χ1v) is 12.2. The van der Waals surface area contributed by atoms with E-state index in [-0.39, 0.29) is 30.0 Å². The highest BCUT2D eigenvalue weighted by Crippen LogP contribution is 2.31. The molecule has 11 nitrogen and oxygen atoms in total. The Morgan fingerprint density at radius 3 is 2.53 bits per heavy atom. The standard InChI is InChI=1S/C21H26ClN7O4S/c22-15-4-5-18-17(13-15)19(28-21(27-18)29-20(24)25)14-2-1-3-16(12-14)34(30,31)26-7-9-33-11-10-32-8-6-23/h1-5,12-13,26H,6-11,23H2,(H4,24,25,27,28,29). The summed E-state index contributed by atoms with van der Waals surface area (Å²) in [5.74, 6) is -0.156. The number of sulfonamides is 1. The van der Waals surface area contributed by atoms with Gasteiger partial charge in [0.1, 0.15) is 0 Å². The first-order chi connectivity index (χ1) is 16.3. The maximum Gasteiger partial charge on any atom is 0.253 e. The summed E-state index contributed by atoms with van der Waals surface area (Å²) in [6, 6.07) is 11.4. The molecule has 34 heavy (non-hydrogen) atoms. The van der Waals surface area contributed by atoms with E-state index in [1.807, 2.05) is 0 Å². The van der Waals surface area contributed by atoms with E-state index in [2.05, 4.69) is 19.7 Å². The van der Waals surface area contributed by atoms with E-state index in [4.69, 9.17) is 38.3 Å². The van der Waals surface area contributed by atoms with E-state index >= 15 is 0 Å². The zero-order valence-electron chi connectivity index (χ0n) is 18.3. The molecule has 7 N–H and O–H groups in total. The van der Waals surface area contributed by atoms with Crippen LogP contribution < -0.4 is 21.9 Å². The molecule has 0 aliphatic heterocycles. The van der Waals surface area contributed by atoms with E-state index in [1.165, 1.54) is 12.1 Å². The summed E-state index contributed by atoms with van der Waals surface area (Å²) >= 11 is 6.17. The molecule has 182 valence electrons. The normalized spacial score (nSPS) is 11.6. The van der Waals surface area contributed by atoms with Crippen molar-refractivity contribution in [3.8, 4) is 11.3 Å². The molecule has 0 radical (unpaired) electrons. The Labute approximate surface area is 202 Å². The molecule has 0 amide bonds. The second-order valence-corrected chi connectivity index (χ2v) is 9.21. The molecule has 2 aromatic carbocycles. The summed E-state index contributed by atoms with van der Waals surface area (Å²) in [4.78, 5) is 12.7. The van der Waals surface area contributed by atoms with Crippen LogP contribution in [0.1, 0.15) is 0 Å². The minimum absolute atomic E-state index is 0.0452. The second kappa shape index (κ2) is 12.0. The third-order valence-corrected chi connectivity index (χ3v) is 6.16. The van der Waals surface area contributed by atoms with Gasteiger partial charge in [-0.2, -0.15) is 4.99 Å². The number of aliphatic imine (C=N–C) groups is 1. The zero-order chi connectivity index (χ0) is 24.6. The Morgan fingerprint density at radius 2 is 1.79 bits per heavy atom. The molecule has 3 aromatic rings. The summed E-state index contributed by atoms with van der Waals surface area (Å²) < 4.78 is 38.7. The molecule has 0 aliphatic carbocycles. The molecule has 0 bridgehead atoms. The van der Waals surface area contributed by atoms with Crippen LogP contribution in [-0.4, -0.2) is 63.9 Å². The molecule has 3 rings (SSSR count). The highest BCUT2D eigenvalue weighted by molar-refractivity contribution is 7.89. The lowest BCUT2D eigenvalue weighted by molar-refractivity contribution is 0.0530. The van der Waals surface area contributed by atoms with Gasteiger partial charge < -0.3 is 26.7 Å². The number of aromatic nitrogens is 2. The minimum atomic E-state index is -3.80. The van der Waals surface area contributed by atoms with Crippen molar-refractivity contribution in [2.24, 2.45) is 22.2 Å². The van der Waals surface area contributed by atoms with Gasteiger partial charge in [0.2, 0.25) is 10.0 Å². The van der Waals surface area contributed by atoms with Crippen molar-refractivity contribution in [2.45, 2.75) is 4.90 Å². The number of nitrogens with two attached hydrogens (primary N) is 3. The van der Waals surface area contributed by atoms with Crippen LogP contribution in [0.5, 0.6) is 0 Å². The average Bonchev–Trinajstić information content (AvgIpc) is 2.80. The van der Waals surface area contributed by atoms with Crippen LogP contribution in [0.15, 0.2) is 52.4 Å². The first kappa shape index (κ1) is 25.7. The average molecular weight is 508 g/mol. The number of fused-ring (bicyclic) bond motifs is 1. The van der Waals surface area contributed by atoms with Crippen LogP contribution in [0.4, 0.5) is 5.95 Å². The van der Waals surface area contributed by atoms with Crippen LogP contribution in [0.3, 0.4) is 0 Å². The van der Waals surface area contributed by atoms with E-state index in [9.17, 15) is 8.42 Å². The summed E-state index contributed by atoms with van der Waals surface area (Å²) in [7, 11) is -3.80. The lowest BCUT2D eigenvalue weighted by atomic mass is 10.1. The number of nitrogens with one attached hydrogen (secondary N) is 1. The van der Waals surface area contributed by atoms with E-state index in [0.29, 0.717) is 53.5 Å². The molecule has 0 unspecified atom stereocenters. The van der Waals surface area contributed by atoms with Gasteiger partial charge in [0, 0.05) is 29.1 Å². The molecular weight excluding hydrogens is 482 g/mol. The predicted molar refractivity (Wildman–Crippen MR) is 131 cm³/mol.